The molecule has 2 amide bonds. The van der Waals surface area contributed by atoms with Crippen molar-refractivity contribution in [1.82, 2.24) is 24.8 Å². The summed E-state index contributed by atoms with van der Waals surface area (Å²) in [5, 5.41) is 7.55. The number of amides is 2. The van der Waals surface area contributed by atoms with E-state index in [0.717, 1.165) is 16.9 Å². The second-order valence-corrected chi connectivity index (χ2v) is 7.91. The molecule has 2 aromatic heterocycles. The minimum atomic E-state index is -0.436. The van der Waals surface area contributed by atoms with E-state index in [2.05, 4.69) is 14.9 Å². The molecule has 3 heterocycles. The van der Waals surface area contributed by atoms with Gasteiger partial charge in [0.1, 0.15) is 11.0 Å². The monoisotopic (exact) mass is 441 g/mol. The lowest BCUT2D eigenvalue weighted by atomic mass is 10.0. The fourth-order valence-electron chi connectivity index (χ4n) is 3.49. The molecule has 162 valence electrons. The first-order valence-electron chi connectivity index (χ1n) is 9.95. The number of aryl methyl sites for hydroxylation is 1. The number of benzene rings is 1. The number of ether oxygens (including phenoxy) is 2. The zero-order chi connectivity index (χ0) is 21.8. The Hall–Kier alpha value is -2.95. The Morgan fingerprint density at radius 3 is 2.97 bits per heavy atom. The number of hydrogen-bond donors (Lipinski definition) is 1. The molecule has 1 fully saturated rings. The van der Waals surface area contributed by atoms with E-state index in [9.17, 15) is 9.59 Å². The minimum Gasteiger partial charge on any atom is -0.383 e. The van der Waals surface area contributed by atoms with Crippen molar-refractivity contribution in [3.8, 4) is 0 Å². The van der Waals surface area contributed by atoms with Gasteiger partial charge in [-0.25, -0.2) is 4.98 Å². The Kier molecular flexibility index (Phi) is 6.50. The molecule has 4 rings (SSSR count). The third-order valence-corrected chi connectivity index (χ3v) is 5.92. The molecule has 1 aliphatic heterocycles. The number of carbonyl (C=O) groups is 2. The van der Waals surface area contributed by atoms with Gasteiger partial charge in [0.2, 0.25) is 0 Å². The number of para-hydroxylation sites is 1. The number of morpholine rings is 1. The van der Waals surface area contributed by atoms with Gasteiger partial charge in [0.05, 0.1) is 42.2 Å². The van der Waals surface area contributed by atoms with Gasteiger partial charge in [-0.05, 0) is 30.6 Å². The van der Waals surface area contributed by atoms with E-state index in [1.807, 2.05) is 24.3 Å². The number of carbonyl (C=O) groups excluding carboxylic acids is 2. The number of rotatable bonds is 6. The summed E-state index contributed by atoms with van der Waals surface area (Å²) in [6, 6.07) is 9.24. The number of nitrogens with one attached hydrogen (secondary N) is 1. The molecule has 1 aromatic carbocycles. The maximum Gasteiger partial charge on any atom is 0.267 e. The van der Waals surface area contributed by atoms with E-state index in [0.29, 0.717) is 60.2 Å². The van der Waals surface area contributed by atoms with Gasteiger partial charge in [-0.3, -0.25) is 9.59 Å². The molecule has 0 radical (unpaired) electrons. The maximum atomic E-state index is 12.9. The van der Waals surface area contributed by atoms with E-state index in [1.54, 1.807) is 25.0 Å². The number of aromatic nitrogens is 3. The van der Waals surface area contributed by atoms with E-state index < -0.39 is 6.10 Å². The molecular weight excluding hydrogens is 418 g/mol. The standard InChI is InChI=1S/C21H23N5O4S/c1-13-19(31-25-24-13)21(28)26-8-10-30-18(12-26)17-11-15(20(27)22-7-9-29-2)14-5-3-4-6-16(14)23-17/h3-6,11,18H,7-10,12H2,1-2H3,(H,22,27)/t18-/m1/s1. The second kappa shape index (κ2) is 9.46. The number of nitrogens with zero attached hydrogens (tertiary/aromatic N) is 4. The molecule has 1 N–H and O–H groups in total. The van der Waals surface area contributed by atoms with Gasteiger partial charge >= 0.3 is 0 Å². The first kappa shape index (κ1) is 21.3. The molecule has 31 heavy (non-hydrogen) atoms. The van der Waals surface area contributed by atoms with Crippen LogP contribution in [-0.4, -0.2) is 71.2 Å². The van der Waals surface area contributed by atoms with Crippen LogP contribution in [0.15, 0.2) is 30.3 Å². The molecule has 3 aromatic rings. The lowest BCUT2D eigenvalue weighted by molar-refractivity contribution is -0.0244. The van der Waals surface area contributed by atoms with Crippen molar-refractivity contribution in [2.24, 2.45) is 0 Å². The fraction of sp³-hybridized carbons (Fsp3) is 0.381. The van der Waals surface area contributed by atoms with Crippen LogP contribution in [0.4, 0.5) is 0 Å². The van der Waals surface area contributed by atoms with E-state index in [-0.39, 0.29) is 11.8 Å². The highest BCUT2D eigenvalue weighted by Gasteiger charge is 2.30. The molecular formula is C21H23N5O4S. The average molecular weight is 442 g/mol. The zero-order valence-electron chi connectivity index (χ0n) is 17.3. The molecule has 9 nitrogen and oxygen atoms in total. The minimum absolute atomic E-state index is 0.112. The lowest BCUT2D eigenvalue weighted by Gasteiger charge is -2.32. The van der Waals surface area contributed by atoms with Gasteiger partial charge in [-0.1, -0.05) is 22.7 Å². The van der Waals surface area contributed by atoms with Crippen LogP contribution in [-0.2, 0) is 9.47 Å². The third kappa shape index (κ3) is 4.55. The smallest absolute Gasteiger partial charge is 0.267 e. The van der Waals surface area contributed by atoms with Crippen LogP contribution in [0.2, 0.25) is 0 Å². The van der Waals surface area contributed by atoms with Crippen molar-refractivity contribution in [1.29, 1.82) is 0 Å². The van der Waals surface area contributed by atoms with Crippen LogP contribution in [0.3, 0.4) is 0 Å². The Morgan fingerprint density at radius 1 is 1.35 bits per heavy atom. The summed E-state index contributed by atoms with van der Waals surface area (Å²) in [5.41, 5.74) is 2.46. The quantitative estimate of drug-likeness (QED) is 0.583. The van der Waals surface area contributed by atoms with Gasteiger partial charge in [-0.15, -0.1) is 5.10 Å². The fourth-order valence-corrected chi connectivity index (χ4v) is 4.12. The topological polar surface area (TPSA) is 107 Å². The third-order valence-electron chi connectivity index (χ3n) is 5.10. The summed E-state index contributed by atoms with van der Waals surface area (Å²) in [5.74, 6) is -0.314. The first-order valence-corrected chi connectivity index (χ1v) is 10.7. The van der Waals surface area contributed by atoms with Gasteiger partial charge in [-0.2, -0.15) is 0 Å². The molecule has 0 saturated carbocycles. The van der Waals surface area contributed by atoms with E-state index >= 15 is 0 Å². The van der Waals surface area contributed by atoms with Crippen LogP contribution in [0, 0.1) is 6.92 Å². The molecule has 0 spiro atoms. The van der Waals surface area contributed by atoms with Crippen LogP contribution in [0.5, 0.6) is 0 Å². The largest absolute Gasteiger partial charge is 0.383 e. The Balaban J connectivity index is 1.62. The van der Waals surface area contributed by atoms with Crippen LogP contribution < -0.4 is 5.32 Å². The van der Waals surface area contributed by atoms with Crippen molar-refractivity contribution >= 4 is 34.2 Å². The number of fused-ring (bicyclic) bond motifs is 1. The molecule has 0 unspecified atom stereocenters. The summed E-state index contributed by atoms with van der Waals surface area (Å²) in [4.78, 5) is 32.7. The highest BCUT2D eigenvalue weighted by Crippen LogP contribution is 2.27. The first-order chi connectivity index (χ1) is 15.1. The molecule has 1 saturated heterocycles. The molecule has 0 aliphatic carbocycles. The van der Waals surface area contributed by atoms with Crippen molar-refractivity contribution in [3.05, 3.63) is 52.2 Å². The SMILES string of the molecule is COCCNC(=O)c1cc([C@H]2CN(C(=O)c3snnc3C)CCO2)nc2ccccc12. The Bertz CT molecular complexity index is 1100. The van der Waals surface area contributed by atoms with Crippen molar-refractivity contribution < 1.29 is 19.1 Å². The van der Waals surface area contributed by atoms with E-state index in [4.69, 9.17) is 14.5 Å². The normalized spacial score (nSPS) is 16.5. The van der Waals surface area contributed by atoms with Gasteiger partial charge < -0.3 is 19.7 Å². The summed E-state index contributed by atoms with van der Waals surface area (Å²) in [6.07, 6.45) is -0.436. The van der Waals surface area contributed by atoms with Crippen LogP contribution in [0.1, 0.15) is 37.5 Å². The number of hydrogen-bond acceptors (Lipinski definition) is 8. The van der Waals surface area contributed by atoms with Crippen LogP contribution in [0.25, 0.3) is 10.9 Å². The van der Waals surface area contributed by atoms with Gasteiger partial charge in [0.25, 0.3) is 11.8 Å². The summed E-state index contributed by atoms with van der Waals surface area (Å²) >= 11 is 1.09. The maximum absolute atomic E-state index is 12.9. The predicted molar refractivity (Wildman–Crippen MR) is 115 cm³/mol. The Labute approximate surface area is 183 Å². The summed E-state index contributed by atoms with van der Waals surface area (Å²) < 4.78 is 14.8. The second-order valence-electron chi connectivity index (χ2n) is 7.16. The molecule has 10 heteroatoms. The van der Waals surface area contributed by atoms with Crippen molar-refractivity contribution in [3.63, 3.8) is 0 Å². The average Bonchev–Trinajstić information content (AvgIpc) is 3.23. The summed E-state index contributed by atoms with van der Waals surface area (Å²) in [7, 11) is 1.59. The van der Waals surface area contributed by atoms with Crippen molar-refractivity contribution in [2.75, 3.05) is 40.0 Å². The number of methoxy groups -OCH3 is 1. The molecule has 0 bridgehead atoms. The summed E-state index contributed by atoms with van der Waals surface area (Å²) in [6.45, 7) is 3.80. The highest BCUT2D eigenvalue weighted by atomic mass is 32.1. The lowest BCUT2D eigenvalue weighted by Crippen LogP contribution is -2.42. The number of pyridine rings is 1. The van der Waals surface area contributed by atoms with Gasteiger partial charge in [0.15, 0.2) is 0 Å². The van der Waals surface area contributed by atoms with Crippen LogP contribution >= 0.6 is 11.5 Å². The zero-order valence-corrected chi connectivity index (χ0v) is 18.1. The van der Waals surface area contributed by atoms with E-state index in [1.165, 1.54) is 0 Å². The predicted octanol–water partition coefficient (Wildman–Crippen LogP) is 1.98. The molecule has 1 aliphatic rings. The molecule has 1 atom stereocenters. The highest BCUT2D eigenvalue weighted by molar-refractivity contribution is 7.07. The van der Waals surface area contributed by atoms with Crippen molar-refractivity contribution in [2.45, 2.75) is 13.0 Å². The van der Waals surface area contributed by atoms with Gasteiger partial charge in [0, 0.05) is 25.6 Å². The Morgan fingerprint density at radius 2 is 2.19 bits per heavy atom.